The average molecular weight is 425 g/mol. The van der Waals surface area contributed by atoms with Crippen LogP contribution in [0.2, 0.25) is 5.15 Å². The van der Waals surface area contributed by atoms with E-state index in [2.05, 4.69) is 20.6 Å². The quantitative estimate of drug-likeness (QED) is 0.556. The number of ether oxygens (including phenoxy) is 3. The van der Waals surface area contributed by atoms with Crippen molar-refractivity contribution in [3.63, 3.8) is 0 Å². The molecule has 0 aliphatic carbocycles. The zero-order chi connectivity index (χ0) is 21.3. The van der Waals surface area contributed by atoms with Crippen LogP contribution in [0.5, 0.6) is 5.75 Å². The second-order valence-corrected chi connectivity index (χ2v) is 7.78. The molecule has 160 valence electrons. The Labute approximate surface area is 176 Å². The highest BCUT2D eigenvalue weighted by molar-refractivity contribution is 6.32. The maximum absolute atomic E-state index is 11.6. The van der Waals surface area contributed by atoms with Gasteiger partial charge in [0.25, 0.3) is 0 Å². The Morgan fingerprint density at radius 1 is 1.10 bits per heavy atom. The van der Waals surface area contributed by atoms with Crippen LogP contribution < -0.4 is 15.4 Å². The molecular weight excluding hydrogens is 396 g/mol. The predicted molar refractivity (Wildman–Crippen MR) is 114 cm³/mol. The summed E-state index contributed by atoms with van der Waals surface area (Å²) in [6, 6.07) is 5.47. The maximum atomic E-state index is 11.6. The van der Waals surface area contributed by atoms with Gasteiger partial charge in [-0.3, -0.25) is 0 Å². The van der Waals surface area contributed by atoms with Gasteiger partial charge in [0.1, 0.15) is 18.0 Å². The molecule has 1 aromatic heterocycles. The largest absolute Gasteiger partial charge is 0.491 e. The zero-order valence-corrected chi connectivity index (χ0v) is 18.1. The molecule has 29 heavy (non-hydrogen) atoms. The Morgan fingerprint density at radius 2 is 1.86 bits per heavy atom. The third-order valence-electron chi connectivity index (χ3n) is 3.71. The number of hydrogen-bond acceptors (Lipinski definition) is 7. The van der Waals surface area contributed by atoms with E-state index < -0.39 is 11.7 Å². The van der Waals surface area contributed by atoms with Gasteiger partial charge in [-0.25, -0.2) is 14.8 Å². The lowest BCUT2D eigenvalue weighted by Crippen LogP contribution is -2.33. The lowest BCUT2D eigenvalue weighted by Gasteiger charge is -2.19. The van der Waals surface area contributed by atoms with Gasteiger partial charge in [-0.15, -0.1) is 0 Å². The molecule has 0 saturated carbocycles. The van der Waals surface area contributed by atoms with Crippen LogP contribution in [0.1, 0.15) is 33.6 Å². The van der Waals surface area contributed by atoms with Gasteiger partial charge in [-0.2, -0.15) is 0 Å². The first kappa shape index (κ1) is 23.0. The molecule has 0 unspecified atom stereocenters. The van der Waals surface area contributed by atoms with Gasteiger partial charge in [0.2, 0.25) is 0 Å². The van der Waals surface area contributed by atoms with E-state index in [1.54, 1.807) is 7.11 Å². The molecule has 2 rings (SSSR count). The molecule has 0 saturated heterocycles. The van der Waals surface area contributed by atoms with Crippen molar-refractivity contribution < 1.29 is 19.0 Å². The number of rotatable bonds is 10. The van der Waals surface area contributed by atoms with Crippen molar-refractivity contribution in [2.45, 2.75) is 39.2 Å². The van der Waals surface area contributed by atoms with Crippen molar-refractivity contribution in [1.82, 2.24) is 15.3 Å². The number of carbonyl (C=O) groups excluding carboxylic acids is 1. The first-order valence-electron chi connectivity index (χ1n) is 9.58. The number of hydrogen-bond donors (Lipinski definition) is 2. The molecule has 2 aromatic rings. The normalized spacial score (nSPS) is 11.3. The van der Waals surface area contributed by atoms with Crippen molar-refractivity contribution >= 4 is 34.5 Å². The average Bonchev–Trinajstić information content (AvgIpc) is 2.63. The van der Waals surface area contributed by atoms with E-state index in [0.29, 0.717) is 54.1 Å². The second-order valence-electron chi connectivity index (χ2n) is 7.42. The molecule has 0 aliphatic rings. The number of halogens is 1. The van der Waals surface area contributed by atoms with Crippen molar-refractivity contribution in [1.29, 1.82) is 0 Å². The number of unbranched alkanes of at least 4 members (excludes halogenated alkanes) is 1. The number of anilines is 1. The van der Waals surface area contributed by atoms with Gasteiger partial charge in [0, 0.05) is 26.3 Å². The summed E-state index contributed by atoms with van der Waals surface area (Å²) in [5, 5.41) is 6.24. The van der Waals surface area contributed by atoms with Gasteiger partial charge >= 0.3 is 6.09 Å². The molecule has 0 spiro atoms. The third-order valence-corrected chi connectivity index (χ3v) is 3.98. The van der Waals surface area contributed by atoms with Crippen LogP contribution >= 0.6 is 11.6 Å². The van der Waals surface area contributed by atoms with Crippen LogP contribution in [0.15, 0.2) is 18.2 Å². The smallest absolute Gasteiger partial charge is 0.407 e. The molecule has 2 N–H and O–H groups in total. The summed E-state index contributed by atoms with van der Waals surface area (Å²) < 4.78 is 15.8. The fourth-order valence-corrected chi connectivity index (χ4v) is 2.62. The Bertz CT molecular complexity index is 811. The van der Waals surface area contributed by atoms with Gasteiger partial charge < -0.3 is 24.8 Å². The number of nitrogens with one attached hydrogen (secondary N) is 2. The Balaban J connectivity index is 1.81. The van der Waals surface area contributed by atoms with E-state index in [0.717, 1.165) is 12.8 Å². The van der Waals surface area contributed by atoms with E-state index in [1.807, 2.05) is 39.0 Å². The van der Waals surface area contributed by atoms with Crippen LogP contribution in [-0.2, 0) is 9.47 Å². The molecule has 9 heteroatoms. The molecule has 1 aromatic carbocycles. The van der Waals surface area contributed by atoms with Crippen molar-refractivity contribution in [3.8, 4) is 5.75 Å². The molecular formula is C20H29ClN4O4. The highest BCUT2D eigenvalue weighted by Crippen LogP contribution is 2.24. The Morgan fingerprint density at radius 3 is 2.59 bits per heavy atom. The summed E-state index contributed by atoms with van der Waals surface area (Å²) in [5.74, 6) is 1.22. The first-order valence-corrected chi connectivity index (χ1v) is 9.96. The zero-order valence-electron chi connectivity index (χ0n) is 17.4. The van der Waals surface area contributed by atoms with Crippen LogP contribution in [0, 0.1) is 0 Å². The fraction of sp³-hybridized carbons (Fsp3) is 0.550. The number of methoxy groups -OCH3 is 1. The van der Waals surface area contributed by atoms with E-state index >= 15 is 0 Å². The lowest BCUT2D eigenvalue weighted by molar-refractivity contribution is 0.0527. The minimum absolute atomic E-state index is 0.317. The fourth-order valence-electron chi connectivity index (χ4n) is 2.42. The van der Waals surface area contributed by atoms with E-state index in [9.17, 15) is 4.79 Å². The molecule has 0 radical (unpaired) electrons. The molecule has 0 fully saturated rings. The van der Waals surface area contributed by atoms with Crippen molar-refractivity contribution in [2.24, 2.45) is 0 Å². The van der Waals surface area contributed by atoms with Crippen LogP contribution in [-0.4, -0.2) is 55.1 Å². The van der Waals surface area contributed by atoms with Gasteiger partial charge in [0.15, 0.2) is 11.0 Å². The van der Waals surface area contributed by atoms with E-state index in [1.165, 1.54) is 0 Å². The minimum atomic E-state index is -0.494. The van der Waals surface area contributed by atoms with Gasteiger partial charge in [-0.1, -0.05) is 11.6 Å². The minimum Gasteiger partial charge on any atom is -0.491 e. The highest BCUT2D eigenvalue weighted by atomic mass is 35.5. The standard InChI is InChI=1S/C20H29ClN4O4/c1-20(2,3)29-19(26)23-10-6-5-9-22-18-17(21)24-15-8-7-14(13-16(15)25-18)28-12-11-27-4/h7-8,13H,5-6,9-12H2,1-4H3,(H,22,25)(H,23,26). The lowest BCUT2D eigenvalue weighted by atomic mass is 10.2. The highest BCUT2D eigenvalue weighted by Gasteiger charge is 2.15. The van der Waals surface area contributed by atoms with Gasteiger partial charge in [0.05, 0.1) is 17.6 Å². The van der Waals surface area contributed by atoms with Crippen LogP contribution in [0.3, 0.4) is 0 Å². The number of carbonyl (C=O) groups is 1. The van der Waals surface area contributed by atoms with Crippen LogP contribution in [0.25, 0.3) is 11.0 Å². The summed E-state index contributed by atoms with van der Waals surface area (Å²) in [4.78, 5) is 20.5. The monoisotopic (exact) mass is 424 g/mol. The van der Waals surface area contributed by atoms with E-state index in [-0.39, 0.29) is 0 Å². The predicted octanol–water partition coefficient (Wildman–Crippen LogP) is 4.03. The Hall–Kier alpha value is -2.32. The molecule has 1 amide bonds. The molecule has 1 heterocycles. The Kier molecular flexibility index (Phi) is 8.72. The SMILES string of the molecule is COCCOc1ccc2nc(Cl)c(NCCCCNC(=O)OC(C)(C)C)nc2c1. The summed E-state index contributed by atoms with van der Waals surface area (Å²) in [7, 11) is 1.63. The van der Waals surface area contributed by atoms with E-state index in [4.69, 9.17) is 25.8 Å². The number of benzene rings is 1. The molecule has 0 aliphatic heterocycles. The van der Waals surface area contributed by atoms with Crippen LogP contribution in [0.4, 0.5) is 10.6 Å². The number of amides is 1. The number of alkyl carbamates (subject to hydrolysis) is 1. The van der Waals surface area contributed by atoms with Gasteiger partial charge in [-0.05, 0) is 45.7 Å². The number of nitrogens with zero attached hydrogens (tertiary/aromatic N) is 2. The first-order chi connectivity index (χ1) is 13.8. The summed E-state index contributed by atoms with van der Waals surface area (Å²) in [5.41, 5.74) is 0.894. The molecule has 8 nitrogen and oxygen atoms in total. The number of aromatic nitrogens is 2. The summed E-state index contributed by atoms with van der Waals surface area (Å²) in [6.45, 7) is 7.67. The van der Waals surface area contributed by atoms with Crippen molar-refractivity contribution in [2.75, 3.05) is 38.7 Å². The molecule has 0 atom stereocenters. The molecule has 0 bridgehead atoms. The number of fused-ring (bicyclic) bond motifs is 1. The summed E-state index contributed by atoms with van der Waals surface area (Å²) in [6.07, 6.45) is 1.21. The topological polar surface area (TPSA) is 94.6 Å². The van der Waals surface area contributed by atoms with Crippen molar-refractivity contribution in [3.05, 3.63) is 23.4 Å². The maximum Gasteiger partial charge on any atom is 0.407 e. The summed E-state index contributed by atoms with van der Waals surface area (Å²) >= 11 is 6.23. The second kappa shape index (κ2) is 11.0. The third kappa shape index (κ3) is 8.29.